The van der Waals surface area contributed by atoms with Crippen molar-refractivity contribution in [2.75, 3.05) is 26.3 Å². The Kier molecular flexibility index (Phi) is 4.57. The molecule has 2 aliphatic rings. The van der Waals surface area contributed by atoms with Crippen LogP contribution in [-0.4, -0.2) is 58.5 Å². The van der Waals surface area contributed by atoms with Crippen molar-refractivity contribution in [3.8, 4) is 5.69 Å². The highest BCUT2D eigenvalue weighted by atomic mass is 16.7. The Labute approximate surface area is 157 Å². The number of piperidine rings is 1. The lowest BCUT2D eigenvalue weighted by molar-refractivity contribution is -0.186. The van der Waals surface area contributed by atoms with Gasteiger partial charge in [0.1, 0.15) is 0 Å². The van der Waals surface area contributed by atoms with Gasteiger partial charge in [0.2, 0.25) is 0 Å². The summed E-state index contributed by atoms with van der Waals surface area (Å²) in [5, 5.41) is 4.47. The van der Waals surface area contributed by atoms with Gasteiger partial charge in [0, 0.05) is 25.9 Å². The average molecular weight is 369 g/mol. The number of para-hydroxylation sites is 1. The van der Waals surface area contributed by atoms with E-state index in [2.05, 4.69) is 5.10 Å². The first-order valence-electron chi connectivity index (χ1n) is 9.24. The average Bonchev–Trinajstić information content (AvgIpc) is 3.26. The number of hydrogen-bond donors (Lipinski definition) is 0. The first-order valence-corrected chi connectivity index (χ1v) is 9.24. The molecule has 0 saturated carbocycles. The molecule has 2 fully saturated rings. The molecule has 142 valence electrons. The van der Waals surface area contributed by atoms with Gasteiger partial charge in [0.15, 0.2) is 5.79 Å². The van der Waals surface area contributed by atoms with Gasteiger partial charge in [0.25, 0.3) is 11.7 Å². The van der Waals surface area contributed by atoms with Crippen molar-refractivity contribution in [1.29, 1.82) is 0 Å². The van der Waals surface area contributed by atoms with E-state index in [1.165, 1.54) is 0 Å². The maximum Gasteiger partial charge on any atom is 0.295 e. The molecule has 3 heterocycles. The summed E-state index contributed by atoms with van der Waals surface area (Å²) < 4.78 is 13.1. The first-order chi connectivity index (χ1) is 13.0. The van der Waals surface area contributed by atoms with Crippen LogP contribution in [0.4, 0.5) is 0 Å². The lowest BCUT2D eigenvalue weighted by atomic mass is 10.0. The van der Waals surface area contributed by atoms with Crippen LogP contribution < -0.4 is 0 Å². The largest absolute Gasteiger partial charge is 0.347 e. The van der Waals surface area contributed by atoms with Gasteiger partial charge in [-0.1, -0.05) is 18.2 Å². The lowest BCUT2D eigenvalue weighted by Gasteiger charge is -2.37. The van der Waals surface area contributed by atoms with E-state index in [9.17, 15) is 9.59 Å². The quantitative estimate of drug-likeness (QED) is 0.611. The molecule has 2 saturated heterocycles. The normalized spacial score (nSPS) is 18.8. The number of hydrogen-bond acceptors (Lipinski definition) is 5. The maximum atomic E-state index is 12.9. The second-order valence-electron chi connectivity index (χ2n) is 7.02. The fraction of sp³-hybridized carbons (Fsp3) is 0.450. The van der Waals surface area contributed by atoms with Crippen molar-refractivity contribution in [2.24, 2.45) is 0 Å². The number of carbonyl (C=O) groups is 2. The molecule has 0 aliphatic carbocycles. The molecule has 0 unspecified atom stereocenters. The molecule has 7 heteroatoms. The molecule has 2 aliphatic heterocycles. The van der Waals surface area contributed by atoms with Crippen molar-refractivity contribution in [1.82, 2.24) is 14.7 Å². The van der Waals surface area contributed by atoms with Gasteiger partial charge in [-0.2, -0.15) is 5.10 Å². The van der Waals surface area contributed by atoms with Gasteiger partial charge in [-0.3, -0.25) is 9.59 Å². The van der Waals surface area contributed by atoms with Crippen LogP contribution >= 0.6 is 0 Å². The van der Waals surface area contributed by atoms with E-state index in [0.717, 1.165) is 5.69 Å². The summed E-state index contributed by atoms with van der Waals surface area (Å²) in [7, 11) is 0. The summed E-state index contributed by atoms with van der Waals surface area (Å²) in [6.45, 7) is 5.66. The van der Waals surface area contributed by atoms with Gasteiger partial charge in [0.05, 0.1) is 35.9 Å². The van der Waals surface area contributed by atoms with Crippen molar-refractivity contribution < 1.29 is 19.1 Å². The molecular weight excluding hydrogens is 346 g/mol. The van der Waals surface area contributed by atoms with Crippen LogP contribution in [0.3, 0.4) is 0 Å². The summed E-state index contributed by atoms with van der Waals surface area (Å²) in [5.74, 6) is -1.55. The van der Waals surface area contributed by atoms with Gasteiger partial charge in [-0.05, 0) is 26.0 Å². The summed E-state index contributed by atoms with van der Waals surface area (Å²) in [4.78, 5) is 27.3. The number of aryl methyl sites for hydroxylation is 1. The number of likely N-dealkylation sites (tertiary alicyclic amines) is 1. The molecule has 0 N–H and O–H groups in total. The third-order valence-electron chi connectivity index (χ3n) is 5.34. The summed E-state index contributed by atoms with van der Waals surface area (Å²) in [5.41, 5.74) is 2.48. The molecule has 0 radical (unpaired) electrons. The van der Waals surface area contributed by atoms with E-state index >= 15 is 0 Å². The monoisotopic (exact) mass is 369 g/mol. The van der Waals surface area contributed by atoms with E-state index in [0.29, 0.717) is 56.1 Å². The Bertz CT molecular complexity index is 859. The third kappa shape index (κ3) is 3.17. The maximum absolute atomic E-state index is 12.9. The van der Waals surface area contributed by atoms with Crippen molar-refractivity contribution in [2.45, 2.75) is 32.5 Å². The van der Waals surface area contributed by atoms with Crippen molar-refractivity contribution >= 4 is 11.7 Å². The van der Waals surface area contributed by atoms with E-state index in [-0.39, 0.29) is 0 Å². The fourth-order valence-electron chi connectivity index (χ4n) is 3.88. The lowest BCUT2D eigenvalue weighted by Crippen LogP contribution is -2.49. The fourth-order valence-corrected chi connectivity index (χ4v) is 3.88. The summed E-state index contributed by atoms with van der Waals surface area (Å²) in [6, 6.07) is 9.58. The van der Waals surface area contributed by atoms with Crippen LogP contribution in [0.5, 0.6) is 0 Å². The molecule has 0 atom stereocenters. The van der Waals surface area contributed by atoms with Crippen LogP contribution in [0.1, 0.15) is 34.6 Å². The Morgan fingerprint density at radius 1 is 1.04 bits per heavy atom. The third-order valence-corrected chi connectivity index (χ3v) is 5.34. The smallest absolute Gasteiger partial charge is 0.295 e. The van der Waals surface area contributed by atoms with Crippen LogP contribution in [0.15, 0.2) is 30.3 Å². The van der Waals surface area contributed by atoms with Crippen LogP contribution in [0.25, 0.3) is 5.69 Å². The Hall–Kier alpha value is -2.51. The van der Waals surface area contributed by atoms with Crippen LogP contribution in [-0.2, 0) is 14.3 Å². The zero-order valence-corrected chi connectivity index (χ0v) is 15.6. The number of aromatic nitrogens is 2. The number of carbonyl (C=O) groups excluding carboxylic acids is 2. The molecule has 4 rings (SSSR count). The van der Waals surface area contributed by atoms with Crippen molar-refractivity contribution in [3.63, 3.8) is 0 Å². The predicted octanol–water partition coefficient (Wildman–Crippen LogP) is 2.04. The van der Waals surface area contributed by atoms with E-state index in [1.807, 2.05) is 37.3 Å². The molecule has 0 bridgehead atoms. The first kappa shape index (κ1) is 17.9. The van der Waals surface area contributed by atoms with Gasteiger partial charge in [-0.25, -0.2) is 4.68 Å². The Morgan fingerprint density at radius 2 is 1.67 bits per heavy atom. The number of rotatable bonds is 3. The molecular formula is C20H23N3O4. The molecule has 1 aromatic heterocycles. The zero-order valence-electron chi connectivity index (χ0n) is 15.6. The molecule has 1 amide bonds. The number of ketones is 1. The molecule has 1 spiro atoms. The van der Waals surface area contributed by atoms with Gasteiger partial charge in [-0.15, -0.1) is 0 Å². The second kappa shape index (κ2) is 6.90. The number of Topliss-reactive ketones (excluding diaryl/α,β-unsaturated/α-hetero) is 1. The second-order valence-corrected chi connectivity index (χ2v) is 7.02. The number of nitrogens with zero attached hydrogens (tertiary/aromatic N) is 3. The highest BCUT2D eigenvalue weighted by Gasteiger charge is 2.42. The Morgan fingerprint density at radius 3 is 2.30 bits per heavy atom. The number of benzene rings is 1. The summed E-state index contributed by atoms with van der Waals surface area (Å²) >= 11 is 0. The molecule has 2 aromatic rings. The standard InChI is InChI=1S/C20H23N3O4/c1-14-17(15(2)23(21-14)16-6-4-3-5-7-16)18(24)19(25)22-10-8-20(9-11-22)26-12-13-27-20/h3-7H,8-13H2,1-2H3. The zero-order chi connectivity index (χ0) is 19.0. The highest BCUT2D eigenvalue weighted by molar-refractivity contribution is 6.43. The minimum absolute atomic E-state index is 0.387. The summed E-state index contributed by atoms with van der Waals surface area (Å²) in [6.07, 6.45) is 1.18. The highest BCUT2D eigenvalue weighted by Crippen LogP contribution is 2.31. The SMILES string of the molecule is Cc1nn(-c2ccccc2)c(C)c1C(=O)C(=O)N1CCC2(CC1)OCCO2. The van der Waals surface area contributed by atoms with Crippen LogP contribution in [0.2, 0.25) is 0 Å². The molecule has 1 aromatic carbocycles. The van der Waals surface area contributed by atoms with E-state index in [4.69, 9.17) is 9.47 Å². The van der Waals surface area contributed by atoms with Crippen LogP contribution in [0, 0.1) is 13.8 Å². The minimum Gasteiger partial charge on any atom is -0.347 e. The molecule has 27 heavy (non-hydrogen) atoms. The Balaban J connectivity index is 1.53. The molecule has 7 nitrogen and oxygen atoms in total. The predicted molar refractivity (Wildman–Crippen MR) is 97.8 cm³/mol. The van der Waals surface area contributed by atoms with Gasteiger partial charge >= 0.3 is 0 Å². The minimum atomic E-state index is -0.566. The number of amides is 1. The van der Waals surface area contributed by atoms with Gasteiger partial charge < -0.3 is 14.4 Å². The van der Waals surface area contributed by atoms with E-state index in [1.54, 1.807) is 16.5 Å². The van der Waals surface area contributed by atoms with E-state index < -0.39 is 17.5 Å². The van der Waals surface area contributed by atoms with Crippen molar-refractivity contribution in [3.05, 3.63) is 47.3 Å². The topological polar surface area (TPSA) is 73.7 Å². The number of ether oxygens (including phenoxy) is 2.